The summed E-state index contributed by atoms with van der Waals surface area (Å²) in [5.74, 6) is -2.69. The fraction of sp³-hybridized carbons (Fsp3) is 0.308. The lowest BCUT2D eigenvalue weighted by atomic mass is 10.1. The Morgan fingerprint density at radius 2 is 2.11 bits per heavy atom. The molecule has 0 saturated heterocycles. The Hall–Kier alpha value is -2.42. The maximum absolute atomic E-state index is 13.3. The molecule has 0 bridgehead atoms. The van der Waals surface area contributed by atoms with E-state index < -0.39 is 23.7 Å². The van der Waals surface area contributed by atoms with E-state index in [9.17, 15) is 14.0 Å². The van der Waals surface area contributed by atoms with Crippen LogP contribution < -0.4 is 5.32 Å². The number of carbonyl (C=O) groups excluding carboxylic acids is 1. The van der Waals surface area contributed by atoms with E-state index in [0.29, 0.717) is 6.42 Å². The number of benzene rings is 1. The zero-order chi connectivity index (χ0) is 14.3. The van der Waals surface area contributed by atoms with Crippen LogP contribution in [-0.4, -0.2) is 23.0 Å². The van der Waals surface area contributed by atoms with Gasteiger partial charge in [-0.25, -0.2) is 9.18 Å². The van der Waals surface area contributed by atoms with Crippen LogP contribution in [0.2, 0.25) is 0 Å². The Kier molecular flexibility index (Phi) is 5.48. The van der Waals surface area contributed by atoms with Crippen molar-refractivity contribution in [2.75, 3.05) is 0 Å². The van der Waals surface area contributed by atoms with Crippen LogP contribution in [0.4, 0.5) is 4.39 Å². The number of carboxylic acid groups (broad SMARTS) is 1. The zero-order valence-corrected chi connectivity index (χ0v) is 10.1. The second-order valence-corrected chi connectivity index (χ2v) is 3.89. The van der Waals surface area contributed by atoms with Crippen molar-refractivity contribution < 1.29 is 19.1 Å². The van der Waals surface area contributed by atoms with Gasteiger partial charge in [-0.15, -0.1) is 0 Å². The summed E-state index contributed by atoms with van der Waals surface area (Å²) in [6.07, 6.45) is 0.688. The van der Waals surface area contributed by atoms with Crippen LogP contribution in [0.15, 0.2) is 24.3 Å². The van der Waals surface area contributed by atoms with Crippen molar-refractivity contribution in [1.82, 2.24) is 5.32 Å². The number of unbranched alkanes of at least 4 members (excludes halogenated alkanes) is 1. The molecule has 0 fully saturated rings. The predicted octanol–water partition coefficient (Wildman–Crippen LogP) is 1.70. The lowest BCUT2D eigenvalue weighted by Gasteiger charge is -2.14. The van der Waals surface area contributed by atoms with Gasteiger partial charge in [0.05, 0.1) is 11.6 Å². The Balaban J connectivity index is 2.69. The molecule has 6 heteroatoms. The lowest BCUT2D eigenvalue weighted by molar-refractivity contribution is -0.139. The Morgan fingerprint density at radius 1 is 1.42 bits per heavy atom. The van der Waals surface area contributed by atoms with E-state index in [4.69, 9.17) is 10.4 Å². The van der Waals surface area contributed by atoms with Crippen molar-refractivity contribution in [1.29, 1.82) is 5.26 Å². The molecular formula is C13H13FN2O3. The van der Waals surface area contributed by atoms with Crippen molar-refractivity contribution in [2.45, 2.75) is 25.3 Å². The highest BCUT2D eigenvalue weighted by molar-refractivity contribution is 5.96. The number of hydrogen-bond acceptors (Lipinski definition) is 3. The Bertz CT molecular complexity index is 511. The molecule has 5 nitrogen and oxygen atoms in total. The van der Waals surface area contributed by atoms with Crippen LogP contribution in [0.25, 0.3) is 0 Å². The second kappa shape index (κ2) is 7.11. The minimum Gasteiger partial charge on any atom is -0.480 e. The number of carboxylic acids is 1. The largest absolute Gasteiger partial charge is 0.480 e. The van der Waals surface area contributed by atoms with Crippen molar-refractivity contribution in [3.05, 3.63) is 35.6 Å². The molecule has 1 aromatic rings. The first-order valence-corrected chi connectivity index (χ1v) is 5.71. The topological polar surface area (TPSA) is 90.2 Å². The van der Waals surface area contributed by atoms with Crippen molar-refractivity contribution in [2.24, 2.45) is 0 Å². The van der Waals surface area contributed by atoms with Gasteiger partial charge in [-0.05, 0) is 25.0 Å². The molecule has 0 aliphatic carbocycles. The van der Waals surface area contributed by atoms with Gasteiger partial charge in [0.15, 0.2) is 0 Å². The molecule has 0 saturated carbocycles. The minimum atomic E-state index is -1.21. The number of aliphatic carboxylic acids is 1. The highest BCUT2D eigenvalue weighted by Gasteiger charge is 2.21. The molecular weight excluding hydrogens is 251 g/mol. The highest BCUT2D eigenvalue weighted by atomic mass is 19.1. The predicted molar refractivity (Wildman–Crippen MR) is 64.8 cm³/mol. The van der Waals surface area contributed by atoms with Gasteiger partial charge in [0.25, 0.3) is 5.91 Å². The van der Waals surface area contributed by atoms with Gasteiger partial charge in [0, 0.05) is 6.42 Å². The molecule has 0 aliphatic heterocycles. The monoisotopic (exact) mass is 264 g/mol. The quantitative estimate of drug-likeness (QED) is 0.765. The average molecular weight is 264 g/mol. The number of hydrogen-bond donors (Lipinski definition) is 2. The maximum Gasteiger partial charge on any atom is 0.326 e. The van der Waals surface area contributed by atoms with Crippen molar-refractivity contribution >= 4 is 11.9 Å². The van der Waals surface area contributed by atoms with Gasteiger partial charge in [0.1, 0.15) is 11.9 Å². The molecule has 2 N–H and O–H groups in total. The third-order valence-electron chi connectivity index (χ3n) is 2.50. The molecule has 100 valence electrons. The number of carbonyl (C=O) groups is 2. The summed E-state index contributed by atoms with van der Waals surface area (Å²) in [7, 11) is 0. The first kappa shape index (κ1) is 14.6. The first-order valence-electron chi connectivity index (χ1n) is 5.71. The third-order valence-corrected chi connectivity index (χ3v) is 2.50. The summed E-state index contributed by atoms with van der Waals surface area (Å²) in [5, 5.41) is 19.6. The Morgan fingerprint density at radius 3 is 2.68 bits per heavy atom. The Labute approximate surface area is 109 Å². The van der Waals surface area contributed by atoms with Crippen LogP contribution in [0.3, 0.4) is 0 Å². The normalized spacial score (nSPS) is 11.4. The molecule has 0 spiro atoms. The van der Waals surface area contributed by atoms with Crippen LogP contribution in [0.5, 0.6) is 0 Å². The summed E-state index contributed by atoms with van der Waals surface area (Å²) in [5.41, 5.74) is -0.200. The van der Waals surface area contributed by atoms with Gasteiger partial charge in [-0.3, -0.25) is 4.79 Å². The molecule has 1 atom stereocenters. The fourth-order valence-electron chi connectivity index (χ4n) is 1.52. The molecule has 0 unspecified atom stereocenters. The summed E-state index contributed by atoms with van der Waals surface area (Å²) in [6, 6.07) is 6.10. The van der Waals surface area contributed by atoms with Crippen molar-refractivity contribution in [3.63, 3.8) is 0 Å². The standard InChI is InChI=1S/C13H13FN2O3/c14-10-6-2-1-5-9(10)12(17)16-11(13(18)19)7-3-4-8-15/h1-2,5-6,11H,3-4,7H2,(H,16,17)(H,18,19)/t11-/m1/s1. The second-order valence-electron chi connectivity index (χ2n) is 3.89. The molecule has 0 radical (unpaired) electrons. The van der Waals surface area contributed by atoms with E-state index in [1.54, 1.807) is 0 Å². The maximum atomic E-state index is 13.3. The summed E-state index contributed by atoms with van der Waals surface area (Å²) < 4.78 is 13.3. The van der Waals surface area contributed by atoms with Crippen LogP contribution in [0.1, 0.15) is 29.6 Å². The summed E-state index contributed by atoms with van der Waals surface area (Å²) in [6.45, 7) is 0. The van der Waals surface area contributed by atoms with E-state index in [1.165, 1.54) is 18.2 Å². The first-order chi connectivity index (χ1) is 9.06. The average Bonchev–Trinajstić information content (AvgIpc) is 2.38. The van der Waals surface area contributed by atoms with E-state index in [2.05, 4.69) is 5.32 Å². The van der Waals surface area contributed by atoms with Crippen LogP contribution in [-0.2, 0) is 4.79 Å². The fourth-order valence-corrected chi connectivity index (χ4v) is 1.52. The number of nitrogens with one attached hydrogen (secondary N) is 1. The molecule has 0 aromatic heterocycles. The molecule has 19 heavy (non-hydrogen) atoms. The van der Waals surface area contributed by atoms with E-state index >= 15 is 0 Å². The summed E-state index contributed by atoms with van der Waals surface area (Å²) in [4.78, 5) is 22.7. The van der Waals surface area contributed by atoms with E-state index in [1.807, 2.05) is 6.07 Å². The van der Waals surface area contributed by atoms with Crippen LogP contribution in [0, 0.1) is 17.1 Å². The third kappa shape index (κ3) is 4.39. The SMILES string of the molecule is N#CCCC[C@@H](NC(=O)c1ccccc1F)C(=O)O. The smallest absolute Gasteiger partial charge is 0.326 e. The number of nitriles is 1. The molecule has 0 aliphatic rings. The highest BCUT2D eigenvalue weighted by Crippen LogP contribution is 2.08. The summed E-state index contributed by atoms with van der Waals surface area (Å²) >= 11 is 0. The van der Waals surface area contributed by atoms with Crippen molar-refractivity contribution in [3.8, 4) is 6.07 Å². The molecule has 0 heterocycles. The minimum absolute atomic E-state index is 0.128. The zero-order valence-electron chi connectivity index (χ0n) is 10.1. The number of nitrogens with zero attached hydrogens (tertiary/aromatic N) is 1. The van der Waals surface area contributed by atoms with Crippen LogP contribution >= 0.6 is 0 Å². The van der Waals surface area contributed by atoms with Gasteiger partial charge in [0.2, 0.25) is 0 Å². The number of amides is 1. The van der Waals surface area contributed by atoms with Gasteiger partial charge in [-0.1, -0.05) is 12.1 Å². The lowest BCUT2D eigenvalue weighted by Crippen LogP contribution is -2.41. The van der Waals surface area contributed by atoms with Gasteiger partial charge in [-0.2, -0.15) is 5.26 Å². The number of rotatable bonds is 6. The van der Waals surface area contributed by atoms with E-state index in [0.717, 1.165) is 6.07 Å². The number of halogens is 1. The molecule has 1 rings (SSSR count). The molecule has 1 aromatic carbocycles. The van der Waals surface area contributed by atoms with E-state index in [-0.39, 0.29) is 18.4 Å². The molecule has 1 amide bonds. The van der Waals surface area contributed by atoms with Gasteiger partial charge >= 0.3 is 5.97 Å². The van der Waals surface area contributed by atoms with Gasteiger partial charge < -0.3 is 10.4 Å².